The van der Waals surface area contributed by atoms with E-state index in [0.29, 0.717) is 0 Å². The van der Waals surface area contributed by atoms with Crippen LogP contribution in [0.2, 0.25) is 0 Å². The van der Waals surface area contributed by atoms with E-state index in [9.17, 15) is 19.2 Å². The summed E-state index contributed by atoms with van der Waals surface area (Å²) >= 11 is 0. The van der Waals surface area contributed by atoms with Crippen molar-refractivity contribution in [2.75, 3.05) is 0 Å². The summed E-state index contributed by atoms with van der Waals surface area (Å²) in [5.41, 5.74) is 30.9. The van der Waals surface area contributed by atoms with Gasteiger partial charge in [0.15, 0.2) is 23.1 Å². The summed E-state index contributed by atoms with van der Waals surface area (Å²) in [6.07, 6.45) is 10.1. The number of rotatable bonds is 12. The maximum atomic E-state index is 10.0. The SMILES string of the molecule is C.C.C.C.C.CC(=O)C=C(C)O.CC(=O)C=C(C)O.CC(=O)C=C(C)O.CC(=O)C=C(C)O.Cc1[c-]c(-c2ccc3c(C)cc(C)cc3n2)cc(C)c1.Cc1[c-]c(-c2ccc3cc(C)ccc3n2)cc(C)c1.Cc1[c-]c(-c2ccc3ccc(C)cc3n2)cc(C)c1.Cc1[c-]c(-c2nccc3cc(C)ccc23)cc(C)c1.[Ir].[Ir].[Ir].[Ir].[Pt+2].[c-]1ccccc1C=Nc1ccccc1N=Cc1[c-]cccc1. The minimum Gasteiger partial charge on any atom is -0.512 e. The molecule has 0 atom stereocenters. The normalized spacial score (nSPS) is 10.3. The van der Waals surface area contributed by atoms with Crippen molar-refractivity contribution in [2.24, 2.45) is 9.98 Å². The Hall–Kier alpha value is -11.5. The zero-order valence-electron chi connectivity index (χ0n) is 78.2. The van der Waals surface area contributed by atoms with Crippen molar-refractivity contribution < 1.29 is 141 Å². The standard InChI is InChI=1S/C20H14N2.C19H18N.3C18H16N.4C5H8O2.5CH4.4Ir.Pt/c1-3-9-17(10-4-1)15-21-19-13-7-8-14-20(19)22-16-18-11-5-2-6-12-18;1-12-7-13(2)10-16(9-12)18-6-5-17-15(4)8-14(3)11-19(17)20-18;1-12-4-6-17-15(9-12)5-7-18(19-17)16-10-13(2)8-14(3)11-16;1-12-4-5-15-6-7-17(19-18(15)11-12)16-9-13(2)8-14(3)10-16;1-12-4-5-17-15(9-12)6-7-19-18(17)16-10-13(2)8-14(3)11-16;4*1-4(6)3-5(2)7;;;;;;;;;;/h1-9,11,13-16H;5-9,11H,1-4H3;4-10H,1-3H3;4-9,11H,1-3H3;4-10H,1-3H3;4*3,6H,1-2H3;5*1H4;;;;;/q-2;4*-1;;;;;;;;;;;;;;+2. The first-order valence-corrected chi connectivity index (χ1v) is 41.5. The number of para-hydroxylation sites is 2. The minimum absolute atomic E-state index is 0. The molecule has 14 nitrogen and oxygen atoms in total. The van der Waals surface area contributed by atoms with E-state index in [1.165, 1.54) is 157 Å². The summed E-state index contributed by atoms with van der Waals surface area (Å²) < 4.78 is 0. The largest absolute Gasteiger partial charge is 2.00 e. The molecule has 0 spiro atoms. The molecule has 4 radical (unpaired) electrons. The third-order valence-electron chi connectivity index (χ3n) is 18.1. The van der Waals surface area contributed by atoms with Crippen LogP contribution in [0.3, 0.4) is 0 Å². The summed E-state index contributed by atoms with van der Waals surface area (Å²) in [5, 5.41) is 39.5. The number of aryl methyl sites for hydroxylation is 13. The first-order valence-electron chi connectivity index (χ1n) is 41.5. The number of nitrogens with zero attached hydrogens (tertiary/aromatic N) is 6. The fourth-order valence-corrected chi connectivity index (χ4v) is 13.3. The van der Waals surface area contributed by atoms with E-state index in [2.05, 4.69) is 299 Å². The Morgan fingerprint density at radius 3 is 1.01 bits per heavy atom. The van der Waals surface area contributed by atoms with Crippen LogP contribution >= 0.6 is 0 Å². The summed E-state index contributed by atoms with van der Waals surface area (Å²) in [4.78, 5) is 68.0. The van der Waals surface area contributed by atoms with E-state index in [1.807, 2.05) is 79.0 Å². The molecule has 0 aliphatic carbocycles. The van der Waals surface area contributed by atoms with Gasteiger partial charge in [-0.05, 0) is 206 Å². The van der Waals surface area contributed by atoms with Gasteiger partial charge in [-0.15, -0.1) is 211 Å². The molecular formula is C118H132Ir4N6O8Pt-4. The van der Waals surface area contributed by atoms with Crippen molar-refractivity contribution in [1.82, 2.24) is 19.9 Å². The predicted molar refractivity (Wildman–Crippen MR) is 559 cm³/mol. The van der Waals surface area contributed by atoms with Gasteiger partial charge >= 0.3 is 21.1 Å². The molecule has 0 saturated carbocycles. The van der Waals surface area contributed by atoms with Gasteiger partial charge in [-0.3, -0.25) is 34.1 Å². The number of benzene rings is 11. The molecule has 4 aromatic heterocycles. The van der Waals surface area contributed by atoms with E-state index in [4.69, 9.17) is 35.4 Å². The van der Waals surface area contributed by atoms with Crippen LogP contribution in [-0.4, -0.2) is 75.9 Å². The van der Waals surface area contributed by atoms with Crippen LogP contribution < -0.4 is 0 Å². The predicted octanol–water partition coefficient (Wildman–Crippen LogP) is 30.9. The number of aliphatic imine (C=N–C) groups is 2. The number of aliphatic hydroxyl groups is 4. The molecule has 4 heterocycles. The van der Waals surface area contributed by atoms with E-state index in [1.54, 1.807) is 12.4 Å². The van der Waals surface area contributed by atoms with Crippen molar-refractivity contribution in [1.29, 1.82) is 0 Å². The first kappa shape index (κ1) is 132. The van der Waals surface area contributed by atoms with Gasteiger partial charge in [0.2, 0.25) is 0 Å². The molecule has 0 amide bonds. The Kier molecular flexibility index (Phi) is 64.4. The van der Waals surface area contributed by atoms with Crippen molar-refractivity contribution in [3.8, 4) is 45.0 Å². The number of aliphatic hydroxyl groups excluding tert-OH is 4. The number of hydrogen-bond donors (Lipinski definition) is 4. The molecule has 0 bridgehead atoms. The van der Waals surface area contributed by atoms with E-state index < -0.39 is 0 Å². The topological polar surface area (TPSA) is 225 Å². The molecule has 0 unspecified atom stereocenters. The molecule has 137 heavy (non-hydrogen) atoms. The molecule has 15 aromatic rings. The van der Waals surface area contributed by atoms with Crippen LogP contribution in [-0.2, 0) is 121 Å². The van der Waals surface area contributed by atoms with Gasteiger partial charge in [-0.2, -0.15) is 0 Å². The first-order chi connectivity index (χ1) is 60.3. The molecule has 11 aromatic carbocycles. The van der Waals surface area contributed by atoms with Gasteiger partial charge in [0.25, 0.3) is 0 Å². The van der Waals surface area contributed by atoms with Gasteiger partial charge in [0.1, 0.15) is 0 Å². The second-order valence-corrected chi connectivity index (χ2v) is 31.3. The fraction of sp³-hybridized carbons (Fsp3) is 0.220. The number of carbonyl (C=O) groups excluding carboxylic acids is 4. The number of allylic oxidation sites excluding steroid dienone is 8. The third-order valence-corrected chi connectivity index (χ3v) is 18.1. The number of ketones is 4. The van der Waals surface area contributed by atoms with Gasteiger partial charge < -0.3 is 35.4 Å². The third kappa shape index (κ3) is 47.9. The molecule has 0 saturated heterocycles. The average molecular weight is 2730 g/mol. The molecule has 0 aliphatic rings. The molecule has 732 valence electrons. The molecule has 0 aliphatic heterocycles. The molecule has 15 rings (SSSR count). The summed E-state index contributed by atoms with van der Waals surface area (Å²) in [7, 11) is 0. The second-order valence-electron chi connectivity index (χ2n) is 31.3. The molecule has 0 fully saturated rings. The molecular weight excluding hydrogens is 2590 g/mol. The Labute approximate surface area is 884 Å². The van der Waals surface area contributed by atoms with Crippen LogP contribution in [0.4, 0.5) is 11.4 Å². The van der Waals surface area contributed by atoms with Crippen LogP contribution in [0.25, 0.3) is 88.5 Å². The van der Waals surface area contributed by atoms with Crippen LogP contribution in [0.5, 0.6) is 0 Å². The van der Waals surface area contributed by atoms with E-state index in [0.717, 1.165) is 106 Å². The maximum absolute atomic E-state index is 10.0. The molecule has 19 heteroatoms. The second kappa shape index (κ2) is 66.9. The maximum Gasteiger partial charge on any atom is 2.00 e. The summed E-state index contributed by atoms with van der Waals surface area (Å²) in [6, 6.07) is 98.5. The number of hydrogen-bond acceptors (Lipinski definition) is 14. The van der Waals surface area contributed by atoms with Crippen molar-refractivity contribution in [2.45, 2.75) is 183 Å². The van der Waals surface area contributed by atoms with Crippen LogP contribution in [0.15, 0.2) is 294 Å². The van der Waals surface area contributed by atoms with Gasteiger partial charge in [-0.25, -0.2) is 0 Å². The van der Waals surface area contributed by atoms with E-state index >= 15 is 0 Å². The van der Waals surface area contributed by atoms with Gasteiger partial charge in [-0.1, -0.05) is 195 Å². The summed E-state index contributed by atoms with van der Waals surface area (Å²) in [5.74, 6) is -0.250. The Balaban J connectivity index is -0.000000742. The zero-order valence-corrected chi connectivity index (χ0v) is 90.1. The average Bonchev–Trinajstić information content (AvgIpc) is 0.805. The Morgan fingerprint density at radius 2 is 0.628 bits per heavy atom. The van der Waals surface area contributed by atoms with Crippen molar-refractivity contribution in [3.63, 3.8) is 0 Å². The smallest absolute Gasteiger partial charge is 0.512 e. The number of carbonyl (C=O) groups is 4. The van der Waals surface area contributed by atoms with Crippen LogP contribution in [0.1, 0.15) is 176 Å². The number of fused-ring (bicyclic) bond motifs is 4. The monoisotopic (exact) mass is 2730 g/mol. The zero-order chi connectivity index (χ0) is 93.0. The minimum atomic E-state index is -0.125. The number of aromatic nitrogens is 4. The Bertz CT molecular complexity index is 6280. The van der Waals surface area contributed by atoms with E-state index in [-0.39, 0.29) is 185 Å². The fourth-order valence-electron chi connectivity index (χ4n) is 13.3. The van der Waals surface area contributed by atoms with Gasteiger partial charge in [0.05, 0.1) is 51.0 Å². The van der Waals surface area contributed by atoms with Gasteiger partial charge in [0, 0.05) is 116 Å². The van der Waals surface area contributed by atoms with Crippen molar-refractivity contribution in [3.05, 3.63) is 404 Å². The summed E-state index contributed by atoms with van der Waals surface area (Å²) in [6.45, 7) is 38.7. The van der Waals surface area contributed by atoms with Crippen LogP contribution in [0, 0.1) is 126 Å². The number of pyridine rings is 4. The van der Waals surface area contributed by atoms with Crippen molar-refractivity contribution >= 4 is 90.4 Å². The quantitative estimate of drug-likeness (QED) is 0.0388. The Morgan fingerprint density at radius 1 is 0.307 bits per heavy atom. The molecule has 4 N–H and O–H groups in total.